The maximum atomic E-state index is 12.2. The van der Waals surface area contributed by atoms with E-state index < -0.39 is 5.97 Å². The van der Waals surface area contributed by atoms with E-state index in [1.54, 1.807) is 13.8 Å². The Morgan fingerprint density at radius 3 is 2.65 bits per heavy atom. The van der Waals surface area contributed by atoms with Crippen molar-refractivity contribution in [3.05, 3.63) is 10.6 Å². The molecule has 128 valence electrons. The van der Waals surface area contributed by atoms with Gasteiger partial charge in [-0.15, -0.1) is 0 Å². The first kappa shape index (κ1) is 17.8. The number of rotatable bonds is 5. The highest BCUT2D eigenvalue weighted by molar-refractivity contribution is 7.17. The molecule has 1 aromatic heterocycles. The zero-order valence-electron chi connectivity index (χ0n) is 13.9. The van der Waals surface area contributed by atoms with Crippen LogP contribution in [0.25, 0.3) is 0 Å². The van der Waals surface area contributed by atoms with Crippen molar-refractivity contribution in [2.75, 3.05) is 31.6 Å². The molecule has 0 bridgehead atoms. The summed E-state index contributed by atoms with van der Waals surface area (Å²) in [7, 11) is 0. The van der Waals surface area contributed by atoms with Gasteiger partial charge in [-0.2, -0.15) is 0 Å². The van der Waals surface area contributed by atoms with Crippen molar-refractivity contribution >= 4 is 28.3 Å². The quantitative estimate of drug-likeness (QED) is 0.821. The molecule has 0 spiro atoms. The summed E-state index contributed by atoms with van der Waals surface area (Å²) >= 11 is 1.14. The van der Waals surface area contributed by atoms with Gasteiger partial charge in [0.05, 0.1) is 31.1 Å². The van der Waals surface area contributed by atoms with Crippen LogP contribution in [-0.4, -0.2) is 60.2 Å². The minimum atomic E-state index is -0.404. The number of anilines is 1. The molecule has 23 heavy (non-hydrogen) atoms. The fraction of sp³-hybridized carbons (Fsp3) is 0.667. The van der Waals surface area contributed by atoms with Gasteiger partial charge in [0, 0.05) is 13.1 Å². The third kappa shape index (κ3) is 4.98. The van der Waals surface area contributed by atoms with E-state index in [2.05, 4.69) is 15.2 Å². The fourth-order valence-corrected chi connectivity index (χ4v) is 3.49. The van der Waals surface area contributed by atoms with Crippen molar-refractivity contribution in [3.63, 3.8) is 0 Å². The summed E-state index contributed by atoms with van der Waals surface area (Å²) in [6.07, 6.45) is 0.230. The lowest BCUT2D eigenvalue weighted by atomic mass is 10.2. The Kier molecular flexibility index (Phi) is 6.09. The van der Waals surface area contributed by atoms with E-state index >= 15 is 0 Å². The summed E-state index contributed by atoms with van der Waals surface area (Å²) in [5.41, 5.74) is 0.567. The number of carbonyl (C=O) groups excluding carboxylic acids is 2. The lowest BCUT2D eigenvalue weighted by molar-refractivity contribution is -0.121. The van der Waals surface area contributed by atoms with Gasteiger partial charge in [-0.1, -0.05) is 11.3 Å². The molecule has 0 aromatic carbocycles. The molecule has 1 fully saturated rings. The van der Waals surface area contributed by atoms with Gasteiger partial charge in [-0.3, -0.25) is 9.69 Å². The third-order valence-electron chi connectivity index (χ3n) is 3.37. The molecule has 0 unspecified atom stereocenters. The van der Waals surface area contributed by atoms with E-state index in [1.165, 1.54) is 0 Å². The van der Waals surface area contributed by atoms with Crippen molar-refractivity contribution in [2.45, 2.75) is 39.9 Å². The van der Waals surface area contributed by atoms with Gasteiger partial charge in [0.1, 0.15) is 4.88 Å². The molecule has 1 amide bonds. The molecular formula is C15H23N3O4S. The highest BCUT2D eigenvalue weighted by atomic mass is 32.1. The first-order valence-corrected chi connectivity index (χ1v) is 8.52. The van der Waals surface area contributed by atoms with Crippen molar-refractivity contribution in [3.8, 4) is 0 Å². The first-order valence-electron chi connectivity index (χ1n) is 7.71. The van der Waals surface area contributed by atoms with Crippen molar-refractivity contribution in [1.82, 2.24) is 9.88 Å². The number of nitrogens with one attached hydrogen (secondary N) is 1. The number of amides is 1. The second-order valence-corrected chi connectivity index (χ2v) is 6.65. The molecule has 2 rings (SSSR count). The smallest absolute Gasteiger partial charge is 0.350 e. The number of aryl methyl sites for hydroxylation is 1. The van der Waals surface area contributed by atoms with Crippen LogP contribution in [0.5, 0.6) is 0 Å². The number of hydrogen-bond acceptors (Lipinski definition) is 7. The van der Waals surface area contributed by atoms with E-state index in [1.807, 2.05) is 13.8 Å². The molecule has 0 aliphatic carbocycles. The van der Waals surface area contributed by atoms with Crippen molar-refractivity contribution < 1.29 is 19.1 Å². The van der Waals surface area contributed by atoms with Gasteiger partial charge in [0.2, 0.25) is 5.91 Å². The average molecular weight is 341 g/mol. The van der Waals surface area contributed by atoms with Crippen LogP contribution in [0.1, 0.15) is 36.1 Å². The molecule has 2 heterocycles. The number of carbonyl (C=O) groups is 2. The predicted molar refractivity (Wildman–Crippen MR) is 87.9 cm³/mol. The molecule has 1 saturated heterocycles. The fourth-order valence-electron chi connectivity index (χ4n) is 2.61. The summed E-state index contributed by atoms with van der Waals surface area (Å²) in [5, 5.41) is 3.18. The monoisotopic (exact) mass is 341 g/mol. The third-order valence-corrected chi connectivity index (χ3v) is 4.42. The zero-order chi connectivity index (χ0) is 17.0. The van der Waals surface area contributed by atoms with Crippen LogP contribution in [-0.2, 0) is 14.3 Å². The molecular weight excluding hydrogens is 318 g/mol. The molecule has 1 aliphatic heterocycles. The number of nitrogens with zero attached hydrogens (tertiary/aromatic N) is 2. The Morgan fingerprint density at radius 1 is 1.39 bits per heavy atom. The number of hydrogen-bond donors (Lipinski definition) is 1. The standard InChI is InChI=1S/C15H23N3O4S/c1-5-21-14(20)13-11(4)16-15(23-13)17-12(19)8-18-6-9(2)22-10(3)7-18/h9-10H,5-8H2,1-4H3,(H,16,17,19)/t9-,10+. The molecule has 8 heteroatoms. The van der Waals surface area contributed by atoms with Crippen molar-refractivity contribution in [1.29, 1.82) is 0 Å². The molecule has 0 radical (unpaired) electrons. The SMILES string of the molecule is CCOC(=O)c1sc(NC(=O)CN2C[C@@H](C)O[C@@H](C)C2)nc1C. The van der Waals surface area contributed by atoms with E-state index in [0.717, 1.165) is 24.4 Å². The lowest BCUT2D eigenvalue weighted by Crippen LogP contribution is -2.48. The zero-order valence-corrected chi connectivity index (χ0v) is 14.7. The molecule has 0 saturated carbocycles. The largest absolute Gasteiger partial charge is 0.462 e. The summed E-state index contributed by atoms with van der Waals surface area (Å²) in [4.78, 5) is 30.6. The van der Waals surface area contributed by atoms with Crippen LogP contribution in [0.3, 0.4) is 0 Å². The second-order valence-electron chi connectivity index (χ2n) is 5.65. The molecule has 7 nitrogen and oxygen atoms in total. The average Bonchev–Trinajstić information content (AvgIpc) is 2.78. The van der Waals surface area contributed by atoms with E-state index in [0.29, 0.717) is 22.3 Å². The van der Waals surface area contributed by atoms with Gasteiger partial charge >= 0.3 is 5.97 Å². The summed E-state index contributed by atoms with van der Waals surface area (Å²) < 4.78 is 10.6. The number of aromatic nitrogens is 1. The number of morpholine rings is 1. The van der Waals surface area contributed by atoms with Gasteiger partial charge in [0.25, 0.3) is 0 Å². The highest BCUT2D eigenvalue weighted by Gasteiger charge is 2.24. The lowest BCUT2D eigenvalue weighted by Gasteiger charge is -2.34. The molecule has 1 aliphatic rings. The normalized spacial score (nSPS) is 21.9. The van der Waals surface area contributed by atoms with E-state index in [4.69, 9.17) is 9.47 Å². The van der Waals surface area contributed by atoms with Crippen LogP contribution in [0.15, 0.2) is 0 Å². The second kappa shape index (κ2) is 7.85. The van der Waals surface area contributed by atoms with Crippen LogP contribution in [0.4, 0.5) is 5.13 Å². The molecule has 2 atom stereocenters. The number of esters is 1. The Balaban J connectivity index is 1.93. The Morgan fingerprint density at radius 2 is 2.04 bits per heavy atom. The summed E-state index contributed by atoms with van der Waals surface area (Å²) in [6, 6.07) is 0. The van der Waals surface area contributed by atoms with Crippen LogP contribution in [0, 0.1) is 6.92 Å². The van der Waals surface area contributed by atoms with E-state index in [9.17, 15) is 9.59 Å². The number of thiazole rings is 1. The summed E-state index contributed by atoms with van der Waals surface area (Å²) in [5.74, 6) is -0.547. The number of ether oxygens (including phenoxy) is 2. The Labute approximate surface area is 140 Å². The van der Waals surface area contributed by atoms with Crippen LogP contribution < -0.4 is 5.32 Å². The minimum Gasteiger partial charge on any atom is -0.462 e. The highest BCUT2D eigenvalue weighted by Crippen LogP contribution is 2.23. The minimum absolute atomic E-state index is 0.115. The topological polar surface area (TPSA) is 80.8 Å². The van der Waals surface area contributed by atoms with Gasteiger partial charge in [-0.25, -0.2) is 9.78 Å². The van der Waals surface area contributed by atoms with Crippen LogP contribution >= 0.6 is 11.3 Å². The maximum Gasteiger partial charge on any atom is 0.350 e. The maximum absolute atomic E-state index is 12.2. The predicted octanol–water partition coefficient (Wildman–Crippen LogP) is 1.68. The van der Waals surface area contributed by atoms with E-state index in [-0.39, 0.29) is 24.7 Å². The first-order chi connectivity index (χ1) is 10.9. The van der Waals surface area contributed by atoms with Crippen LogP contribution in [0.2, 0.25) is 0 Å². The Bertz CT molecular complexity index is 565. The molecule has 1 N–H and O–H groups in total. The van der Waals surface area contributed by atoms with Crippen molar-refractivity contribution in [2.24, 2.45) is 0 Å². The Hall–Kier alpha value is -1.51. The van der Waals surface area contributed by atoms with Gasteiger partial charge in [-0.05, 0) is 27.7 Å². The molecule has 1 aromatic rings. The van der Waals surface area contributed by atoms with Gasteiger partial charge < -0.3 is 14.8 Å². The summed E-state index contributed by atoms with van der Waals surface area (Å²) in [6.45, 7) is 9.51. The van der Waals surface area contributed by atoms with Gasteiger partial charge in [0.15, 0.2) is 5.13 Å².